The molecule has 8 heteroatoms. The highest BCUT2D eigenvalue weighted by molar-refractivity contribution is 8.25. The molecule has 24 heavy (non-hydrogen) atoms. The number of hydrogen-bond acceptors (Lipinski definition) is 6. The van der Waals surface area contributed by atoms with E-state index in [4.69, 9.17) is 10.5 Å². The Morgan fingerprint density at radius 1 is 1.17 bits per heavy atom. The van der Waals surface area contributed by atoms with Gasteiger partial charge in [0, 0.05) is 6.54 Å². The predicted molar refractivity (Wildman–Crippen MR) is 93.3 cm³/mol. The van der Waals surface area contributed by atoms with E-state index >= 15 is 0 Å². The molecular weight excluding hydrogens is 350 g/mol. The first-order valence-corrected chi connectivity index (χ1v) is 10.6. The molecule has 0 saturated carbocycles. The average Bonchev–Trinajstić information content (AvgIpc) is 2.86. The number of rotatable bonds is 5. The predicted octanol–water partition coefficient (Wildman–Crippen LogP) is 2.66. The Bertz CT molecular complexity index is 851. The molecule has 0 aromatic heterocycles. The molecule has 2 aromatic rings. The van der Waals surface area contributed by atoms with Crippen LogP contribution in [0.3, 0.4) is 0 Å². The Labute approximate surface area is 142 Å². The molecule has 130 valence electrons. The Balaban J connectivity index is 2.01. The van der Waals surface area contributed by atoms with Crippen LogP contribution >= 0.6 is 10.6 Å². The van der Waals surface area contributed by atoms with Gasteiger partial charge in [0.05, 0.1) is 15.5 Å². The molecular formula is C16H19NO5S2. The summed E-state index contributed by atoms with van der Waals surface area (Å²) in [6, 6.07) is 12.7. The van der Waals surface area contributed by atoms with Gasteiger partial charge in [-0.25, -0.2) is 8.42 Å². The second-order valence-electron chi connectivity index (χ2n) is 5.52. The molecule has 0 amide bonds. The second-order valence-corrected chi connectivity index (χ2v) is 9.75. The van der Waals surface area contributed by atoms with E-state index in [2.05, 4.69) is 0 Å². The molecule has 2 aromatic carbocycles. The fourth-order valence-electron chi connectivity index (χ4n) is 2.77. The van der Waals surface area contributed by atoms with Gasteiger partial charge in [-0.1, -0.05) is 24.3 Å². The van der Waals surface area contributed by atoms with Crippen LogP contribution in [0.5, 0.6) is 5.75 Å². The number of fused-ring (bicyclic) bond motifs is 1. The van der Waals surface area contributed by atoms with Gasteiger partial charge >= 0.3 is 0 Å². The molecule has 1 unspecified atom stereocenters. The summed E-state index contributed by atoms with van der Waals surface area (Å²) >= 11 is 0. The zero-order chi connectivity index (χ0) is 17.4. The van der Waals surface area contributed by atoms with E-state index in [1.165, 1.54) is 12.1 Å². The summed E-state index contributed by atoms with van der Waals surface area (Å²) in [6.07, 6.45) is 0. The quantitative estimate of drug-likeness (QED) is 0.747. The molecule has 1 heterocycles. The smallest absolute Gasteiger partial charge is 0.187 e. The summed E-state index contributed by atoms with van der Waals surface area (Å²) in [4.78, 5) is 0.406. The summed E-state index contributed by atoms with van der Waals surface area (Å²) in [7, 11) is -6.88. The van der Waals surface area contributed by atoms with Gasteiger partial charge in [-0.3, -0.25) is 9.11 Å². The van der Waals surface area contributed by atoms with Crippen LogP contribution in [-0.4, -0.2) is 36.4 Å². The van der Waals surface area contributed by atoms with Gasteiger partial charge in [-0.05, 0) is 29.8 Å². The lowest BCUT2D eigenvalue weighted by Crippen LogP contribution is -2.15. The van der Waals surface area contributed by atoms with E-state index in [9.17, 15) is 17.5 Å². The molecule has 0 fully saturated rings. The van der Waals surface area contributed by atoms with Gasteiger partial charge in [0.25, 0.3) is 0 Å². The number of ether oxygens (including phenoxy) is 1. The third-order valence-electron chi connectivity index (χ3n) is 3.90. The summed E-state index contributed by atoms with van der Waals surface area (Å²) in [5.74, 6) is 0.196. The number of benzene rings is 2. The van der Waals surface area contributed by atoms with Crippen molar-refractivity contribution in [3.63, 3.8) is 0 Å². The van der Waals surface area contributed by atoms with Crippen LogP contribution in [0.4, 0.5) is 0 Å². The summed E-state index contributed by atoms with van der Waals surface area (Å²) < 4.78 is 51.9. The fraction of sp³-hybridized carbons (Fsp3) is 0.250. The third kappa shape index (κ3) is 3.03. The normalized spacial score (nSPS) is 20.4. The van der Waals surface area contributed by atoms with Gasteiger partial charge in [0.2, 0.25) is 0 Å². The monoisotopic (exact) mass is 369 g/mol. The van der Waals surface area contributed by atoms with Crippen molar-refractivity contribution in [2.24, 2.45) is 5.73 Å². The van der Waals surface area contributed by atoms with Gasteiger partial charge < -0.3 is 10.5 Å². The van der Waals surface area contributed by atoms with E-state index in [-0.39, 0.29) is 17.3 Å². The number of hydrogen-bond donors (Lipinski definition) is 3. The maximum Gasteiger partial charge on any atom is 0.187 e. The van der Waals surface area contributed by atoms with E-state index in [1.54, 1.807) is 36.4 Å². The summed E-state index contributed by atoms with van der Waals surface area (Å²) in [6.45, 7) is 0.615. The number of nitrogens with two attached hydrogens (primary N) is 1. The first-order chi connectivity index (χ1) is 11.4. The Morgan fingerprint density at radius 3 is 2.67 bits per heavy atom. The second kappa shape index (κ2) is 6.38. The zero-order valence-electron chi connectivity index (χ0n) is 12.8. The molecule has 0 spiro atoms. The molecule has 3 rings (SSSR count). The highest BCUT2D eigenvalue weighted by Gasteiger charge is 2.42. The molecule has 0 radical (unpaired) electrons. The van der Waals surface area contributed by atoms with Crippen LogP contribution in [0.25, 0.3) is 0 Å². The lowest BCUT2D eigenvalue weighted by molar-refractivity contribution is 0.327. The lowest BCUT2D eigenvalue weighted by Gasteiger charge is -2.27. The van der Waals surface area contributed by atoms with Crippen molar-refractivity contribution in [3.8, 4) is 5.75 Å². The van der Waals surface area contributed by atoms with E-state index < -0.39 is 25.7 Å². The molecule has 1 aliphatic heterocycles. The molecule has 1 aliphatic rings. The Hall–Kier alpha value is -1.58. The fourth-order valence-corrected chi connectivity index (χ4v) is 7.22. The molecule has 4 N–H and O–H groups in total. The largest absolute Gasteiger partial charge is 0.492 e. The maximum atomic E-state index is 13.0. The Kier molecular flexibility index (Phi) is 4.58. The minimum absolute atomic E-state index is 0.0916. The van der Waals surface area contributed by atoms with E-state index in [1.807, 2.05) is 0 Å². The van der Waals surface area contributed by atoms with E-state index in [0.29, 0.717) is 22.8 Å². The highest BCUT2D eigenvalue weighted by Crippen LogP contribution is 2.61. The highest BCUT2D eigenvalue weighted by atomic mass is 32.3. The van der Waals surface area contributed by atoms with Gasteiger partial charge in [0.15, 0.2) is 9.84 Å². The van der Waals surface area contributed by atoms with Gasteiger partial charge in [-0.15, -0.1) is 0 Å². The molecule has 6 nitrogen and oxygen atoms in total. The SMILES string of the molecule is NCCOc1cccc(S(=O)(=O)C2CS(O)(O)c3ccccc32)c1. The van der Waals surface area contributed by atoms with Crippen molar-refractivity contribution in [2.75, 3.05) is 18.9 Å². The first kappa shape index (κ1) is 17.2. The van der Waals surface area contributed by atoms with Crippen LogP contribution in [-0.2, 0) is 9.84 Å². The first-order valence-electron chi connectivity index (χ1n) is 7.38. The maximum absolute atomic E-state index is 13.0. The molecule has 1 atom stereocenters. The van der Waals surface area contributed by atoms with E-state index in [0.717, 1.165) is 0 Å². The van der Waals surface area contributed by atoms with Crippen molar-refractivity contribution in [1.29, 1.82) is 0 Å². The Morgan fingerprint density at radius 2 is 1.92 bits per heavy atom. The van der Waals surface area contributed by atoms with Crippen LogP contribution < -0.4 is 10.5 Å². The third-order valence-corrected chi connectivity index (χ3v) is 8.06. The number of sulfone groups is 1. The molecule has 0 aliphatic carbocycles. The van der Waals surface area contributed by atoms with Crippen molar-refractivity contribution >= 4 is 20.4 Å². The van der Waals surface area contributed by atoms with Crippen molar-refractivity contribution in [1.82, 2.24) is 0 Å². The summed E-state index contributed by atoms with van der Waals surface area (Å²) in [5.41, 5.74) is 5.84. The molecule has 0 saturated heterocycles. The topological polar surface area (TPSA) is 110 Å². The standard InChI is InChI=1S/C16H19NO5S2/c17-8-9-22-12-4-3-5-13(10-12)24(20,21)16-11-23(18,19)15-7-2-1-6-14(15)16/h1-7,10,16,18-19H,8-9,11,17H2. The van der Waals surface area contributed by atoms with Crippen molar-refractivity contribution in [3.05, 3.63) is 54.1 Å². The lowest BCUT2D eigenvalue weighted by atomic mass is 10.2. The summed E-state index contributed by atoms with van der Waals surface area (Å²) in [5, 5.41) is -0.983. The van der Waals surface area contributed by atoms with Crippen molar-refractivity contribution < 1.29 is 22.3 Å². The minimum Gasteiger partial charge on any atom is -0.492 e. The van der Waals surface area contributed by atoms with Gasteiger partial charge in [-0.2, -0.15) is 10.6 Å². The van der Waals surface area contributed by atoms with Gasteiger partial charge in [0.1, 0.15) is 17.6 Å². The van der Waals surface area contributed by atoms with Crippen LogP contribution in [0.15, 0.2) is 58.3 Å². The van der Waals surface area contributed by atoms with Crippen LogP contribution in [0.2, 0.25) is 0 Å². The zero-order valence-corrected chi connectivity index (χ0v) is 14.5. The van der Waals surface area contributed by atoms with Crippen molar-refractivity contribution in [2.45, 2.75) is 15.0 Å². The molecule has 0 bridgehead atoms. The average molecular weight is 369 g/mol. The van der Waals surface area contributed by atoms with Crippen LogP contribution in [0.1, 0.15) is 10.8 Å². The minimum atomic E-state index is -3.78. The van der Waals surface area contributed by atoms with Crippen LogP contribution in [0, 0.1) is 0 Å².